The number of fused-ring (bicyclic) bond motifs is 2. The molecule has 1 aliphatic rings. The van der Waals surface area contributed by atoms with Crippen molar-refractivity contribution in [2.24, 2.45) is 5.92 Å². The van der Waals surface area contributed by atoms with E-state index in [1.165, 1.54) is 12.3 Å². The van der Waals surface area contributed by atoms with Crippen LogP contribution in [-0.4, -0.2) is 49.8 Å². The second-order valence-electron chi connectivity index (χ2n) is 7.71. The maximum Gasteiger partial charge on any atom is 0.408 e. The third-order valence-electron chi connectivity index (χ3n) is 5.51. The summed E-state index contributed by atoms with van der Waals surface area (Å²) in [6.45, 7) is -0.459. The van der Waals surface area contributed by atoms with E-state index in [4.69, 9.17) is 4.84 Å². The van der Waals surface area contributed by atoms with Crippen LogP contribution in [0.3, 0.4) is 0 Å². The van der Waals surface area contributed by atoms with E-state index in [1.807, 2.05) is 6.07 Å². The summed E-state index contributed by atoms with van der Waals surface area (Å²) < 4.78 is 40.7. The molecule has 1 atom stereocenters. The standard InChI is InChI=1S/C21H19F3N6O2/c22-21(23,24)11-30-17-7-16(20(31)12-3-2-6-32-28-8-12)27-9-13(17)18(29-30)14-10-26-15-4-1-5-25-19(14)15/h1,4-5,7,9-10,12,26,28H,2-3,6,8,11H2. The predicted molar refractivity (Wildman–Crippen MR) is 110 cm³/mol. The Hall–Kier alpha value is -3.31. The maximum atomic E-state index is 13.3. The molecule has 8 nitrogen and oxygen atoms in total. The number of nitrogens with zero attached hydrogens (tertiary/aromatic N) is 4. The summed E-state index contributed by atoms with van der Waals surface area (Å²) in [6, 6.07) is 4.98. The van der Waals surface area contributed by atoms with Crippen LogP contribution in [0.15, 0.2) is 36.8 Å². The minimum Gasteiger partial charge on any atom is -0.359 e. The lowest BCUT2D eigenvalue weighted by atomic mass is 9.96. The van der Waals surface area contributed by atoms with Crippen LogP contribution >= 0.6 is 0 Å². The number of ketones is 1. The van der Waals surface area contributed by atoms with Crippen LogP contribution in [0, 0.1) is 5.92 Å². The number of carbonyl (C=O) groups is 1. The first-order valence-corrected chi connectivity index (χ1v) is 10.2. The number of hydroxylamine groups is 1. The molecule has 1 fully saturated rings. The van der Waals surface area contributed by atoms with Crippen LogP contribution in [0.2, 0.25) is 0 Å². The van der Waals surface area contributed by atoms with E-state index in [9.17, 15) is 18.0 Å². The van der Waals surface area contributed by atoms with Gasteiger partial charge in [-0.1, -0.05) is 0 Å². The van der Waals surface area contributed by atoms with Crippen LogP contribution in [0.1, 0.15) is 23.3 Å². The number of pyridine rings is 2. The number of Topliss-reactive ketones (excluding diaryl/α,β-unsaturated/α-hetero) is 1. The fourth-order valence-electron chi connectivity index (χ4n) is 4.00. The third kappa shape index (κ3) is 3.84. The van der Waals surface area contributed by atoms with E-state index in [0.717, 1.165) is 10.2 Å². The minimum atomic E-state index is -4.48. The van der Waals surface area contributed by atoms with Gasteiger partial charge in [-0.3, -0.25) is 19.4 Å². The lowest BCUT2D eigenvalue weighted by Gasteiger charge is -2.12. The molecule has 0 aliphatic carbocycles. The number of aromatic amines is 1. The smallest absolute Gasteiger partial charge is 0.359 e. The van der Waals surface area contributed by atoms with E-state index in [2.05, 4.69) is 25.5 Å². The molecule has 1 aliphatic heterocycles. The third-order valence-corrected chi connectivity index (χ3v) is 5.51. The van der Waals surface area contributed by atoms with Gasteiger partial charge in [0.15, 0.2) is 5.78 Å². The molecule has 0 amide bonds. The average molecular weight is 444 g/mol. The molecule has 11 heteroatoms. The van der Waals surface area contributed by atoms with Gasteiger partial charge in [0.2, 0.25) is 0 Å². The molecule has 166 valence electrons. The van der Waals surface area contributed by atoms with Gasteiger partial charge in [-0.05, 0) is 31.0 Å². The van der Waals surface area contributed by atoms with E-state index >= 15 is 0 Å². The van der Waals surface area contributed by atoms with Gasteiger partial charge in [0.1, 0.15) is 17.9 Å². The van der Waals surface area contributed by atoms with Crippen LogP contribution in [0.4, 0.5) is 13.2 Å². The van der Waals surface area contributed by atoms with Gasteiger partial charge >= 0.3 is 6.18 Å². The average Bonchev–Trinajstić information content (AvgIpc) is 3.21. The van der Waals surface area contributed by atoms with Crippen molar-refractivity contribution < 1.29 is 22.8 Å². The summed E-state index contributed by atoms with van der Waals surface area (Å²) in [5.41, 5.74) is 5.27. The maximum absolute atomic E-state index is 13.3. The zero-order valence-corrected chi connectivity index (χ0v) is 16.8. The van der Waals surface area contributed by atoms with Gasteiger partial charge in [0.25, 0.3) is 0 Å². The molecule has 0 radical (unpaired) electrons. The Bertz CT molecular complexity index is 1290. The number of rotatable bonds is 4. The van der Waals surface area contributed by atoms with Crippen molar-refractivity contribution in [1.82, 2.24) is 30.2 Å². The monoisotopic (exact) mass is 444 g/mol. The Labute approximate surface area is 179 Å². The number of carbonyl (C=O) groups excluding carboxylic acids is 1. The van der Waals surface area contributed by atoms with Crippen molar-refractivity contribution >= 4 is 27.7 Å². The Morgan fingerprint density at radius 2 is 2.19 bits per heavy atom. The summed E-state index contributed by atoms with van der Waals surface area (Å²) in [4.78, 5) is 29.8. The van der Waals surface area contributed by atoms with Crippen molar-refractivity contribution in [3.63, 3.8) is 0 Å². The molecular formula is C21H19F3N6O2. The molecule has 2 N–H and O–H groups in total. The predicted octanol–water partition coefficient (Wildman–Crippen LogP) is 3.65. The number of hydrogen-bond donors (Lipinski definition) is 2. The highest BCUT2D eigenvalue weighted by Gasteiger charge is 2.31. The fraction of sp³-hybridized carbons (Fsp3) is 0.333. The van der Waals surface area contributed by atoms with Crippen molar-refractivity contribution in [3.8, 4) is 11.3 Å². The zero-order valence-electron chi connectivity index (χ0n) is 16.8. The van der Waals surface area contributed by atoms with Gasteiger partial charge < -0.3 is 9.82 Å². The number of halogens is 3. The lowest BCUT2D eigenvalue weighted by molar-refractivity contribution is -0.141. The fourth-order valence-corrected chi connectivity index (χ4v) is 4.00. The molecule has 1 unspecified atom stereocenters. The molecule has 4 aromatic rings. The van der Waals surface area contributed by atoms with Crippen LogP contribution < -0.4 is 5.48 Å². The first-order valence-electron chi connectivity index (χ1n) is 10.2. The van der Waals surface area contributed by atoms with Gasteiger partial charge in [-0.15, -0.1) is 0 Å². The Morgan fingerprint density at radius 3 is 3.03 bits per heavy atom. The number of hydrogen-bond acceptors (Lipinski definition) is 6. The molecule has 5 heterocycles. The number of aromatic nitrogens is 5. The Balaban J connectivity index is 1.62. The normalized spacial score (nSPS) is 17.7. The zero-order chi connectivity index (χ0) is 22.3. The largest absolute Gasteiger partial charge is 0.408 e. The van der Waals surface area contributed by atoms with E-state index in [0.29, 0.717) is 48.2 Å². The number of nitrogens with one attached hydrogen (secondary N) is 2. The van der Waals surface area contributed by atoms with Gasteiger partial charge in [-0.2, -0.15) is 18.3 Å². The molecule has 0 bridgehead atoms. The topological polar surface area (TPSA) is 97.7 Å². The molecule has 0 aromatic carbocycles. The van der Waals surface area contributed by atoms with Gasteiger partial charge in [0, 0.05) is 42.0 Å². The van der Waals surface area contributed by atoms with Gasteiger partial charge in [-0.25, -0.2) is 5.48 Å². The minimum absolute atomic E-state index is 0.109. The van der Waals surface area contributed by atoms with Crippen molar-refractivity contribution in [1.29, 1.82) is 0 Å². The Morgan fingerprint density at radius 1 is 1.31 bits per heavy atom. The van der Waals surface area contributed by atoms with E-state index in [-0.39, 0.29) is 22.9 Å². The molecule has 4 aromatic heterocycles. The van der Waals surface area contributed by atoms with Crippen LogP contribution in [-0.2, 0) is 11.4 Å². The molecule has 32 heavy (non-hydrogen) atoms. The lowest BCUT2D eigenvalue weighted by Crippen LogP contribution is -2.26. The second-order valence-corrected chi connectivity index (χ2v) is 7.71. The molecular weight excluding hydrogens is 425 g/mol. The summed E-state index contributed by atoms with van der Waals surface area (Å²) in [5, 5.41) is 4.66. The number of H-pyrrole nitrogens is 1. The second kappa shape index (κ2) is 7.99. The Kier molecular flexibility index (Phi) is 5.14. The quantitative estimate of drug-likeness (QED) is 0.467. The van der Waals surface area contributed by atoms with E-state index < -0.39 is 12.7 Å². The molecule has 0 spiro atoms. The summed E-state index contributed by atoms with van der Waals surface area (Å²) >= 11 is 0. The van der Waals surface area contributed by atoms with Crippen molar-refractivity contribution in [2.75, 3.05) is 13.2 Å². The van der Waals surface area contributed by atoms with Crippen molar-refractivity contribution in [2.45, 2.75) is 25.6 Å². The molecule has 0 saturated carbocycles. The summed E-state index contributed by atoms with van der Waals surface area (Å²) in [5.74, 6) is -0.598. The highest BCUT2D eigenvalue weighted by molar-refractivity contribution is 6.04. The SMILES string of the molecule is O=C(c1cc2c(cn1)c(-c1c[nH]c3cccnc13)nn2CC(F)(F)F)C1CCCONC1. The summed E-state index contributed by atoms with van der Waals surface area (Å²) in [7, 11) is 0. The highest BCUT2D eigenvalue weighted by Crippen LogP contribution is 2.33. The van der Waals surface area contributed by atoms with E-state index in [1.54, 1.807) is 18.5 Å². The van der Waals surface area contributed by atoms with Gasteiger partial charge in [0.05, 0.1) is 23.2 Å². The molecule has 5 rings (SSSR count). The first kappa shape index (κ1) is 20.6. The summed E-state index contributed by atoms with van der Waals surface area (Å²) in [6.07, 6.45) is 1.52. The van der Waals surface area contributed by atoms with Crippen LogP contribution in [0.25, 0.3) is 33.2 Å². The van der Waals surface area contributed by atoms with Crippen LogP contribution in [0.5, 0.6) is 0 Å². The molecule has 1 saturated heterocycles. The first-order chi connectivity index (χ1) is 15.4. The van der Waals surface area contributed by atoms with Crippen molar-refractivity contribution in [3.05, 3.63) is 42.5 Å². The number of alkyl halides is 3. The highest BCUT2D eigenvalue weighted by atomic mass is 19.4.